The van der Waals surface area contributed by atoms with Gasteiger partial charge in [-0.2, -0.15) is 4.39 Å². The van der Waals surface area contributed by atoms with Crippen LogP contribution >= 0.6 is 0 Å². The van der Waals surface area contributed by atoms with Gasteiger partial charge in [-0.25, -0.2) is 4.98 Å². The smallest absolute Gasteiger partial charge is 0.251 e. The van der Waals surface area contributed by atoms with Crippen molar-refractivity contribution in [3.63, 3.8) is 0 Å². The number of pyridine rings is 1. The summed E-state index contributed by atoms with van der Waals surface area (Å²) in [7, 11) is 0. The lowest BCUT2D eigenvalue weighted by molar-refractivity contribution is -0.135. The molecule has 1 saturated heterocycles. The van der Waals surface area contributed by atoms with Crippen LogP contribution in [0.25, 0.3) is 0 Å². The van der Waals surface area contributed by atoms with Crippen molar-refractivity contribution in [1.29, 1.82) is 0 Å². The van der Waals surface area contributed by atoms with Gasteiger partial charge in [0.25, 0.3) is 5.91 Å². The molecule has 0 aromatic carbocycles. The molecule has 2 heterocycles. The number of amides is 2. The zero-order valence-corrected chi connectivity index (χ0v) is 9.53. The zero-order valence-electron chi connectivity index (χ0n) is 9.53. The summed E-state index contributed by atoms with van der Waals surface area (Å²) in [6.07, 6.45) is 0. The summed E-state index contributed by atoms with van der Waals surface area (Å²) in [5.74, 6) is -1.20. The number of aromatic nitrogens is 1. The van der Waals surface area contributed by atoms with Crippen LogP contribution in [0.15, 0.2) is 18.2 Å². The maximum Gasteiger partial charge on any atom is 0.251 e. The summed E-state index contributed by atoms with van der Waals surface area (Å²) in [6, 6.07) is 4.27. The molecule has 0 spiro atoms. The first-order valence-electron chi connectivity index (χ1n) is 5.16. The number of anilines is 1. The van der Waals surface area contributed by atoms with Gasteiger partial charge in [-0.15, -0.1) is 0 Å². The van der Waals surface area contributed by atoms with E-state index in [0.29, 0.717) is 0 Å². The first kappa shape index (κ1) is 11.5. The van der Waals surface area contributed by atoms with E-state index in [0.717, 1.165) is 0 Å². The maximum atomic E-state index is 13.0. The molecule has 6 heteroatoms. The third-order valence-corrected chi connectivity index (χ3v) is 2.76. The van der Waals surface area contributed by atoms with Crippen LogP contribution in [0.3, 0.4) is 0 Å². The maximum absolute atomic E-state index is 13.0. The summed E-state index contributed by atoms with van der Waals surface area (Å²) < 4.78 is 13.0. The molecule has 2 amide bonds. The Hall–Kier alpha value is -1.98. The molecule has 90 valence electrons. The Labute approximate surface area is 97.6 Å². The summed E-state index contributed by atoms with van der Waals surface area (Å²) >= 11 is 0. The topological polar surface area (TPSA) is 62.3 Å². The first-order chi connectivity index (χ1) is 7.91. The standard InChI is InChI=1S/C11H12FN3O2/c1-11(2)10(17)14-9(16)6-15(11)8-5-3-4-7(12)13-8/h3-5H,6H2,1-2H3,(H,14,16,17). The van der Waals surface area contributed by atoms with E-state index < -0.39 is 23.3 Å². The predicted molar refractivity (Wildman–Crippen MR) is 58.8 cm³/mol. The van der Waals surface area contributed by atoms with Gasteiger partial charge in [0.2, 0.25) is 11.9 Å². The predicted octanol–water partition coefficient (Wildman–Crippen LogP) is 0.462. The van der Waals surface area contributed by atoms with E-state index in [2.05, 4.69) is 10.3 Å². The van der Waals surface area contributed by atoms with Gasteiger partial charge < -0.3 is 4.90 Å². The molecule has 1 fully saturated rings. The minimum Gasteiger partial charge on any atom is -0.333 e. The van der Waals surface area contributed by atoms with E-state index in [4.69, 9.17) is 0 Å². The summed E-state index contributed by atoms with van der Waals surface area (Å²) in [6.45, 7) is 3.29. The second-order valence-corrected chi connectivity index (χ2v) is 4.34. The van der Waals surface area contributed by atoms with Gasteiger partial charge in [0.1, 0.15) is 11.4 Å². The molecule has 1 aliphatic heterocycles. The highest BCUT2D eigenvalue weighted by Crippen LogP contribution is 2.24. The third kappa shape index (κ3) is 1.98. The SMILES string of the molecule is CC1(C)C(=O)NC(=O)CN1c1cccc(F)n1. The van der Waals surface area contributed by atoms with E-state index in [1.807, 2.05) is 0 Å². The minimum absolute atomic E-state index is 0.0187. The fourth-order valence-corrected chi connectivity index (χ4v) is 1.70. The van der Waals surface area contributed by atoms with Crippen molar-refractivity contribution in [1.82, 2.24) is 10.3 Å². The first-order valence-corrected chi connectivity index (χ1v) is 5.16. The summed E-state index contributed by atoms with van der Waals surface area (Å²) in [5, 5.41) is 2.24. The molecule has 17 heavy (non-hydrogen) atoms. The molecule has 1 aliphatic rings. The van der Waals surface area contributed by atoms with Crippen molar-refractivity contribution in [2.75, 3.05) is 11.4 Å². The molecule has 1 aromatic rings. The Kier molecular flexibility index (Phi) is 2.57. The molecular formula is C11H12FN3O2. The Morgan fingerprint density at radius 1 is 1.41 bits per heavy atom. The average Bonchev–Trinajstić information content (AvgIpc) is 2.24. The van der Waals surface area contributed by atoms with Crippen LogP contribution in [0.5, 0.6) is 0 Å². The van der Waals surface area contributed by atoms with Crippen LogP contribution in [-0.4, -0.2) is 28.9 Å². The number of carbonyl (C=O) groups is 2. The molecular weight excluding hydrogens is 225 g/mol. The van der Waals surface area contributed by atoms with E-state index in [9.17, 15) is 14.0 Å². The number of halogens is 1. The molecule has 2 rings (SSSR count). The van der Waals surface area contributed by atoms with Gasteiger partial charge in [-0.3, -0.25) is 14.9 Å². The summed E-state index contributed by atoms with van der Waals surface area (Å²) in [4.78, 5) is 28.2. The number of piperazine rings is 1. The van der Waals surface area contributed by atoms with Crippen LogP contribution in [0.2, 0.25) is 0 Å². The highest BCUT2D eigenvalue weighted by Gasteiger charge is 2.41. The number of imide groups is 1. The van der Waals surface area contributed by atoms with Crippen LogP contribution in [0.1, 0.15) is 13.8 Å². The summed E-state index contributed by atoms with van der Waals surface area (Å²) in [5.41, 5.74) is -0.936. The number of hydrogen-bond donors (Lipinski definition) is 1. The fourth-order valence-electron chi connectivity index (χ4n) is 1.70. The second kappa shape index (κ2) is 3.80. The van der Waals surface area contributed by atoms with Crippen molar-refractivity contribution in [2.24, 2.45) is 0 Å². The van der Waals surface area contributed by atoms with Gasteiger partial charge in [-0.1, -0.05) is 6.07 Å². The lowest BCUT2D eigenvalue weighted by Crippen LogP contribution is -2.64. The molecule has 5 nitrogen and oxygen atoms in total. The van der Waals surface area contributed by atoms with E-state index >= 15 is 0 Å². The number of nitrogens with zero attached hydrogens (tertiary/aromatic N) is 2. The van der Waals surface area contributed by atoms with Crippen molar-refractivity contribution >= 4 is 17.6 Å². The van der Waals surface area contributed by atoms with E-state index in [-0.39, 0.29) is 12.4 Å². The molecule has 0 radical (unpaired) electrons. The van der Waals surface area contributed by atoms with Gasteiger partial charge >= 0.3 is 0 Å². The Morgan fingerprint density at radius 3 is 2.76 bits per heavy atom. The van der Waals surface area contributed by atoms with Crippen LogP contribution in [0, 0.1) is 5.95 Å². The highest BCUT2D eigenvalue weighted by atomic mass is 19.1. The third-order valence-electron chi connectivity index (χ3n) is 2.76. The lowest BCUT2D eigenvalue weighted by atomic mass is 9.99. The number of carbonyl (C=O) groups excluding carboxylic acids is 2. The fraction of sp³-hybridized carbons (Fsp3) is 0.364. The minimum atomic E-state index is -0.936. The molecule has 0 atom stereocenters. The zero-order chi connectivity index (χ0) is 12.6. The Bertz CT molecular complexity index is 487. The van der Waals surface area contributed by atoms with Crippen molar-refractivity contribution in [3.05, 3.63) is 24.1 Å². The molecule has 1 aromatic heterocycles. The molecule has 0 bridgehead atoms. The van der Waals surface area contributed by atoms with Gasteiger partial charge in [0, 0.05) is 0 Å². The van der Waals surface area contributed by atoms with E-state index in [1.54, 1.807) is 19.9 Å². The number of rotatable bonds is 1. The average molecular weight is 237 g/mol. The molecule has 0 aliphatic carbocycles. The quantitative estimate of drug-likeness (QED) is 0.569. The normalized spacial score (nSPS) is 19.1. The van der Waals surface area contributed by atoms with Gasteiger partial charge in [0.15, 0.2) is 0 Å². The lowest BCUT2D eigenvalue weighted by Gasteiger charge is -2.40. The largest absolute Gasteiger partial charge is 0.333 e. The van der Waals surface area contributed by atoms with Gasteiger partial charge in [0.05, 0.1) is 6.54 Å². The monoisotopic (exact) mass is 237 g/mol. The second-order valence-electron chi connectivity index (χ2n) is 4.34. The van der Waals surface area contributed by atoms with Gasteiger partial charge in [-0.05, 0) is 26.0 Å². The van der Waals surface area contributed by atoms with Crippen molar-refractivity contribution in [3.8, 4) is 0 Å². The Balaban J connectivity index is 2.42. The van der Waals surface area contributed by atoms with Crippen LogP contribution in [0.4, 0.5) is 10.2 Å². The van der Waals surface area contributed by atoms with Crippen LogP contribution in [-0.2, 0) is 9.59 Å². The van der Waals surface area contributed by atoms with Crippen LogP contribution < -0.4 is 10.2 Å². The molecule has 0 unspecified atom stereocenters. The van der Waals surface area contributed by atoms with Crippen molar-refractivity contribution in [2.45, 2.75) is 19.4 Å². The van der Waals surface area contributed by atoms with E-state index in [1.165, 1.54) is 17.0 Å². The number of nitrogens with one attached hydrogen (secondary N) is 1. The van der Waals surface area contributed by atoms with Crippen molar-refractivity contribution < 1.29 is 14.0 Å². The Morgan fingerprint density at radius 2 is 2.12 bits per heavy atom. The number of hydrogen-bond acceptors (Lipinski definition) is 4. The molecule has 1 N–H and O–H groups in total. The highest BCUT2D eigenvalue weighted by molar-refractivity contribution is 6.06. The molecule has 0 saturated carbocycles.